The van der Waals surface area contributed by atoms with E-state index in [1.54, 1.807) is 0 Å². The lowest BCUT2D eigenvalue weighted by molar-refractivity contribution is -0.175. The monoisotopic (exact) mass is 448 g/mol. The molecule has 0 spiro atoms. The van der Waals surface area contributed by atoms with Gasteiger partial charge in [0.2, 0.25) is 0 Å². The number of hydrogen-bond acceptors (Lipinski definition) is 5. The molecule has 2 aromatic rings. The lowest BCUT2D eigenvalue weighted by Crippen LogP contribution is -2.56. The Hall–Kier alpha value is -3.83. The van der Waals surface area contributed by atoms with Gasteiger partial charge in [0, 0.05) is 12.5 Å². The van der Waals surface area contributed by atoms with Gasteiger partial charge in [-0.1, -0.05) is 54.5 Å². The van der Waals surface area contributed by atoms with Crippen molar-refractivity contribution in [1.82, 2.24) is 10.2 Å². The van der Waals surface area contributed by atoms with E-state index in [2.05, 4.69) is 29.3 Å². The van der Waals surface area contributed by atoms with Crippen molar-refractivity contribution in [2.24, 2.45) is 0 Å². The van der Waals surface area contributed by atoms with Crippen LogP contribution in [0, 0.1) is 11.8 Å². The van der Waals surface area contributed by atoms with Crippen LogP contribution < -0.4 is 5.32 Å². The second-order valence-corrected chi connectivity index (χ2v) is 8.09. The number of morpholine rings is 1. The standard InChI is InChI=1S/C25H24N2O6/c1-25(23(29)30)16-27(13-14-33-25)22(28)11-6-12-26-24(31)32-15-21-19-9-4-2-7-17(19)18-8-3-5-10-20(18)21/h2-5,7-10,21H,12-16H2,1H3,(H,26,31)(H,29,30). The van der Waals surface area contributed by atoms with E-state index in [4.69, 9.17) is 9.47 Å². The quantitative estimate of drug-likeness (QED) is 0.695. The fraction of sp³-hybridized carbons (Fsp3) is 0.320. The van der Waals surface area contributed by atoms with Crippen molar-refractivity contribution in [2.75, 3.05) is 32.8 Å². The van der Waals surface area contributed by atoms with Crippen LogP contribution in [0.2, 0.25) is 0 Å². The minimum Gasteiger partial charge on any atom is -0.479 e. The first kappa shape index (κ1) is 22.4. The Kier molecular flexibility index (Phi) is 6.33. The third kappa shape index (κ3) is 4.69. The summed E-state index contributed by atoms with van der Waals surface area (Å²) >= 11 is 0. The van der Waals surface area contributed by atoms with Crippen molar-refractivity contribution < 1.29 is 29.0 Å². The fourth-order valence-corrected chi connectivity index (χ4v) is 4.14. The topological polar surface area (TPSA) is 105 Å². The number of carbonyl (C=O) groups is 3. The van der Waals surface area contributed by atoms with Crippen LogP contribution in [0.25, 0.3) is 11.1 Å². The summed E-state index contributed by atoms with van der Waals surface area (Å²) in [7, 11) is 0. The van der Waals surface area contributed by atoms with E-state index < -0.39 is 23.6 Å². The van der Waals surface area contributed by atoms with Crippen molar-refractivity contribution in [3.05, 3.63) is 59.7 Å². The lowest BCUT2D eigenvalue weighted by atomic mass is 9.98. The molecular weight excluding hydrogens is 424 g/mol. The first-order chi connectivity index (χ1) is 15.9. The number of carboxylic acid groups (broad SMARTS) is 1. The van der Waals surface area contributed by atoms with Gasteiger partial charge < -0.3 is 24.8 Å². The number of fused-ring (bicyclic) bond motifs is 3. The van der Waals surface area contributed by atoms with E-state index in [0.717, 1.165) is 22.3 Å². The van der Waals surface area contributed by atoms with Crippen molar-refractivity contribution in [1.29, 1.82) is 0 Å². The largest absolute Gasteiger partial charge is 0.479 e. The predicted molar refractivity (Wildman–Crippen MR) is 119 cm³/mol. The second kappa shape index (κ2) is 9.35. The molecule has 1 aliphatic carbocycles. The third-order valence-corrected chi connectivity index (χ3v) is 5.87. The molecule has 1 atom stereocenters. The molecule has 170 valence electrons. The van der Waals surface area contributed by atoms with Gasteiger partial charge in [-0.05, 0) is 35.1 Å². The van der Waals surface area contributed by atoms with Crippen LogP contribution in [0.4, 0.5) is 4.79 Å². The highest BCUT2D eigenvalue weighted by atomic mass is 16.5. The molecule has 2 amide bonds. The average Bonchev–Trinajstić information content (AvgIpc) is 3.14. The number of aliphatic carboxylic acids is 1. The number of ether oxygens (including phenoxy) is 2. The van der Waals surface area contributed by atoms with Crippen LogP contribution in [-0.4, -0.2) is 66.4 Å². The van der Waals surface area contributed by atoms with Crippen LogP contribution in [0.15, 0.2) is 48.5 Å². The van der Waals surface area contributed by atoms with Crippen molar-refractivity contribution in [3.8, 4) is 23.0 Å². The Morgan fingerprint density at radius 3 is 2.42 bits per heavy atom. The first-order valence-electron chi connectivity index (χ1n) is 10.6. The number of nitrogens with zero attached hydrogens (tertiary/aromatic N) is 1. The molecule has 2 aliphatic rings. The zero-order chi connectivity index (χ0) is 23.4. The molecule has 0 saturated carbocycles. The predicted octanol–water partition coefficient (Wildman–Crippen LogP) is 2.23. The second-order valence-electron chi connectivity index (χ2n) is 8.09. The maximum Gasteiger partial charge on any atom is 0.407 e. The van der Waals surface area contributed by atoms with Crippen molar-refractivity contribution >= 4 is 18.0 Å². The summed E-state index contributed by atoms with van der Waals surface area (Å²) in [5.41, 5.74) is 3.09. The Bertz CT molecular complexity index is 1110. The first-order valence-corrected chi connectivity index (χ1v) is 10.6. The number of amides is 2. The van der Waals surface area contributed by atoms with Gasteiger partial charge in [0.25, 0.3) is 5.91 Å². The summed E-state index contributed by atoms with van der Waals surface area (Å²) in [5, 5.41) is 11.8. The van der Waals surface area contributed by atoms with Crippen molar-refractivity contribution in [2.45, 2.75) is 18.4 Å². The van der Waals surface area contributed by atoms with Gasteiger partial charge in [0.05, 0.1) is 19.7 Å². The van der Waals surface area contributed by atoms with E-state index in [9.17, 15) is 19.5 Å². The zero-order valence-electron chi connectivity index (χ0n) is 18.2. The van der Waals surface area contributed by atoms with Crippen LogP contribution >= 0.6 is 0 Å². The van der Waals surface area contributed by atoms with Gasteiger partial charge in [-0.25, -0.2) is 9.59 Å². The molecule has 2 N–H and O–H groups in total. The van der Waals surface area contributed by atoms with Gasteiger partial charge in [0.15, 0.2) is 5.60 Å². The summed E-state index contributed by atoms with van der Waals surface area (Å²) in [6, 6.07) is 16.1. The number of carbonyl (C=O) groups excluding carboxylic acids is 2. The molecule has 1 aliphatic heterocycles. The molecule has 0 bridgehead atoms. The van der Waals surface area contributed by atoms with Crippen LogP contribution in [0.1, 0.15) is 24.0 Å². The summed E-state index contributed by atoms with van der Waals surface area (Å²) in [6.45, 7) is 1.83. The molecule has 1 saturated heterocycles. The van der Waals surface area contributed by atoms with Crippen molar-refractivity contribution in [3.63, 3.8) is 0 Å². The highest BCUT2D eigenvalue weighted by molar-refractivity contribution is 5.94. The van der Waals surface area contributed by atoms with Crippen LogP contribution in [-0.2, 0) is 19.1 Å². The van der Waals surface area contributed by atoms with Gasteiger partial charge in [-0.3, -0.25) is 4.79 Å². The number of hydrogen-bond donors (Lipinski definition) is 2. The highest BCUT2D eigenvalue weighted by Gasteiger charge is 2.40. The number of carboxylic acids is 1. The SMILES string of the molecule is CC1(C(=O)O)CN(C(=O)C#CCNC(=O)OCC2c3ccccc3-c3ccccc32)CCO1. The number of alkyl carbamates (subject to hydrolysis) is 1. The molecule has 0 aromatic heterocycles. The van der Waals surface area contributed by atoms with E-state index in [-0.39, 0.29) is 38.8 Å². The maximum atomic E-state index is 12.2. The van der Waals surface area contributed by atoms with Gasteiger partial charge in [0.1, 0.15) is 6.61 Å². The molecule has 1 unspecified atom stereocenters. The van der Waals surface area contributed by atoms with Gasteiger partial charge >= 0.3 is 12.1 Å². The molecule has 8 nitrogen and oxygen atoms in total. The summed E-state index contributed by atoms with van der Waals surface area (Å²) < 4.78 is 10.7. The summed E-state index contributed by atoms with van der Waals surface area (Å²) in [6.07, 6.45) is -0.622. The zero-order valence-corrected chi connectivity index (χ0v) is 18.2. The average molecular weight is 448 g/mol. The Balaban J connectivity index is 1.28. The Morgan fingerprint density at radius 2 is 1.79 bits per heavy atom. The molecule has 8 heteroatoms. The normalized spacial score (nSPS) is 19.0. The number of nitrogens with one attached hydrogen (secondary N) is 1. The number of rotatable bonds is 4. The van der Waals surface area contributed by atoms with Gasteiger partial charge in [-0.2, -0.15) is 0 Å². The molecule has 2 aromatic carbocycles. The minimum atomic E-state index is -1.45. The fourth-order valence-electron chi connectivity index (χ4n) is 4.14. The minimum absolute atomic E-state index is 0.0410. The highest BCUT2D eigenvalue weighted by Crippen LogP contribution is 2.44. The van der Waals surface area contributed by atoms with Crippen LogP contribution in [0.5, 0.6) is 0 Å². The maximum absolute atomic E-state index is 12.2. The van der Waals surface area contributed by atoms with Crippen LogP contribution in [0.3, 0.4) is 0 Å². The lowest BCUT2D eigenvalue weighted by Gasteiger charge is -2.36. The molecule has 1 fully saturated rings. The van der Waals surface area contributed by atoms with E-state index in [1.165, 1.54) is 11.8 Å². The van der Waals surface area contributed by atoms with E-state index >= 15 is 0 Å². The molecule has 33 heavy (non-hydrogen) atoms. The molecule has 1 heterocycles. The smallest absolute Gasteiger partial charge is 0.407 e. The third-order valence-electron chi connectivity index (χ3n) is 5.87. The Morgan fingerprint density at radius 1 is 1.15 bits per heavy atom. The van der Waals surface area contributed by atoms with E-state index in [0.29, 0.717) is 0 Å². The summed E-state index contributed by atoms with van der Waals surface area (Å²) in [5.74, 6) is 3.32. The number of benzene rings is 2. The Labute approximate surface area is 191 Å². The van der Waals surface area contributed by atoms with Gasteiger partial charge in [-0.15, -0.1) is 0 Å². The molecular formula is C25H24N2O6. The summed E-state index contributed by atoms with van der Waals surface area (Å²) in [4.78, 5) is 37.0. The molecule has 4 rings (SSSR count). The van der Waals surface area contributed by atoms with E-state index in [1.807, 2.05) is 36.4 Å². The molecule has 0 radical (unpaired) electrons.